The molecule has 0 unspecified atom stereocenters. The fourth-order valence-corrected chi connectivity index (χ4v) is 2.40. The smallest absolute Gasteiger partial charge is 0.240 e. The molecular formula is C12H17N5. The standard InChI is InChI=1S/C12H17N5/c1-9-4-7-16(8-5-9)10-3-2-6-17-11(10)14-12(13)15-17/h2-3,6,9H,4-5,7-8H2,1H3,(H2,13,15). The quantitative estimate of drug-likeness (QED) is 0.809. The predicted octanol–water partition coefficient (Wildman–Crippen LogP) is 1.55. The molecular weight excluding hydrogens is 214 g/mol. The first kappa shape index (κ1) is 10.4. The number of fused-ring (bicyclic) bond motifs is 1. The number of hydrogen-bond acceptors (Lipinski definition) is 4. The molecule has 2 aromatic rings. The van der Waals surface area contributed by atoms with Crippen molar-refractivity contribution < 1.29 is 0 Å². The van der Waals surface area contributed by atoms with E-state index in [0.29, 0.717) is 5.95 Å². The van der Waals surface area contributed by atoms with E-state index in [1.807, 2.05) is 12.3 Å². The van der Waals surface area contributed by atoms with Gasteiger partial charge in [-0.25, -0.2) is 4.52 Å². The number of piperidine rings is 1. The maximum Gasteiger partial charge on any atom is 0.240 e. The summed E-state index contributed by atoms with van der Waals surface area (Å²) in [6.07, 6.45) is 4.37. The van der Waals surface area contributed by atoms with Gasteiger partial charge in [-0.1, -0.05) is 6.92 Å². The van der Waals surface area contributed by atoms with Gasteiger partial charge in [-0.15, -0.1) is 5.10 Å². The first-order valence-electron chi connectivity index (χ1n) is 6.10. The summed E-state index contributed by atoms with van der Waals surface area (Å²) in [6.45, 7) is 4.49. The van der Waals surface area contributed by atoms with Gasteiger partial charge in [0.15, 0.2) is 5.65 Å². The molecule has 0 radical (unpaired) electrons. The van der Waals surface area contributed by atoms with E-state index in [0.717, 1.165) is 30.3 Å². The monoisotopic (exact) mass is 231 g/mol. The molecule has 1 aliphatic heterocycles. The summed E-state index contributed by atoms with van der Waals surface area (Å²) >= 11 is 0. The maximum absolute atomic E-state index is 5.65. The molecule has 5 nitrogen and oxygen atoms in total. The van der Waals surface area contributed by atoms with Gasteiger partial charge in [0.2, 0.25) is 5.95 Å². The number of anilines is 2. The van der Waals surface area contributed by atoms with Crippen LogP contribution in [0, 0.1) is 5.92 Å². The average molecular weight is 231 g/mol. The third-order valence-electron chi connectivity index (χ3n) is 3.48. The lowest BCUT2D eigenvalue weighted by atomic mass is 9.99. The molecule has 0 amide bonds. The molecule has 2 aromatic heterocycles. The second-order valence-corrected chi connectivity index (χ2v) is 4.80. The lowest BCUT2D eigenvalue weighted by Gasteiger charge is -2.31. The van der Waals surface area contributed by atoms with Gasteiger partial charge in [0.05, 0.1) is 5.69 Å². The molecule has 1 fully saturated rings. The lowest BCUT2D eigenvalue weighted by molar-refractivity contribution is 0.438. The zero-order valence-corrected chi connectivity index (χ0v) is 10.0. The largest absolute Gasteiger partial charge is 0.368 e. The molecule has 90 valence electrons. The molecule has 3 heterocycles. The Bertz CT molecular complexity index is 525. The van der Waals surface area contributed by atoms with Crippen LogP contribution in [-0.2, 0) is 0 Å². The van der Waals surface area contributed by atoms with E-state index >= 15 is 0 Å². The minimum absolute atomic E-state index is 0.336. The van der Waals surface area contributed by atoms with Gasteiger partial charge >= 0.3 is 0 Å². The first-order chi connectivity index (χ1) is 8.24. The molecule has 17 heavy (non-hydrogen) atoms. The molecule has 0 atom stereocenters. The van der Waals surface area contributed by atoms with Crippen molar-refractivity contribution in [1.29, 1.82) is 0 Å². The van der Waals surface area contributed by atoms with Crippen molar-refractivity contribution in [3.63, 3.8) is 0 Å². The Morgan fingerprint density at radius 3 is 2.88 bits per heavy atom. The Kier molecular flexibility index (Phi) is 2.39. The summed E-state index contributed by atoms with van der Waals surface area (Å²) in [5, 5.41) is 4.14. The Hall–Kier alpha value is -1.78. The van der Waals surface area contributed by atoms with Crippen LogP contribution in [0.5, 0.6) is 0 Å². The zero-order valence-electron chi connectivity index (χ0n) is 10.0. The van der Waals surface area contributed by atoms with Crippen LogP contribution >= 0.6 is 0 Å². The van der Waals surface area contributed by atoms with Crippen molar-refractivity contribution in [2.24, 2.45) is 5.92 Å². The van der Waals surface area contributed by atoms with Crippen molar-refractivity contribution >= 4 is 17.3 Å². The van der Waals surface area contributed by atoms with Gasteiger partial charge in [0.1, 0.15) is 0 Å². The number of hydrogen-bond donors (Lipinski definition) is 1. The van der Waals surface area contributed by atoms with Crippen LogP contribution in [0.25, 0.3) is 5.65 Å². The number of pyridine rings is 1. The van der Waals surface area contributed by atoms with Gasteiger partial charge in [-0.05, 0) is 30.9 Å². The average Bonchev–Trinajstić information content (AvgIpc) is 2.70. The molecule has 2 N–H and O–H groups in total. The minimum atomic E-state index is 0.336. The van der Waals surface area contributed by atoms with Crippen LogP contribution in [0.2, 0.25) is 0 Å². The third-order valence-corrected chi connectivity index (χ3v) is 3.48. The fraction of sp³-hybridized carbons (Fsp3) is 0.500. The van der Waals surface area contributed by atoms with Crippen LogP contribution in [0.1, 0.15) is 19.8 Å². The highest BCUT2D eigenvalue weighted by Crippen LogP contribution is 2.25. The molecule has 0 aliphatic carbocycles. The molecule has 3 rings (SSSR count). The SMILES string of the molecule is CC1CCN(c2cccn3nc(N)nc23)CC1. The number of nitrogen functional groups attached to an aromatic ring is 1. The second-order valence-electron chi connectivity index (χ2n) is 4.80. The number of nitrogens with two attached hydrogens (primary N) is 1. The van der Waals surface area contributed by atoms with E-state index in [4.69, 9.17) is 5.73 Å². The highest BCUT2D eigenvalue weighted by Gasteiger charge is 2.18. The van der Waals surface area contributed by atoms with E-state index in [1.54, 1.807) is 4.52 Å². The second kappa shape index (κ2) is 3.91. The fourth-order valence-electron chi connectivity index (χ4n) is 2.40. The highest BCUT2D eigenvalue weighted by molar-refractivity contribution is 5.69. The van der Waals surface area contributed by atoms with Crippen LogP contribution in [0.15, 0.2) is 18.3 Å². The maximum atomic E-state index is 5.65. The van der Waals surface area contributed by atoms with Crippen molar-refractivity contribution in [3.05, 3.63) is 18.3 Å². The van der Waals surface area contributed by atoms with Crippen LogP contribution in [0.4, 0.5) is 11.6 Å². The highest BCUT2D eigenvalue weighted by atomic mass is 15.3. The van der Waals surface area contributed by atoms with Crippen LogP contribution < -0.4 is 10.6 Å². The van der Waals surface area contributed by atoms with E-state index in [9.17, 15) is 0 Å². The Morgan fingerprint density at radius 1 is 1.35 bits per heavy atom. The Balaban J connectivity index is 1.99. The summed E-state index contributed by atoms with van der Waals surface area (Å²) in [4.78, 5) is 6.67. The molecule has 0 saturated carbocycles. The predicted molar refractivity (Wildman–Crippen MR) is 68.0 cm³/mol. The van der Waals surface area contributed by atoms with E-state index in [-0.39, 0.29) is 0 Å². The van der Waals surface area contributed by atoms with E-state index in [2.05, 4.69) is 28.0 Å². The first-order valence-corrected chi connectivity index (χ1v) is 6.10. The van der Waals surface area contributed by atoms with Crippen LogP contribution in [0.3, 0.4) is 0 Å². The topological polar surface area (TPSA) is 59.5 Å². The molecule has 1 aliphatic rings. The van der Waals surface area contributed by atoms with E-state index < -0.39 is 0 Å². The summed E-state index contributed by atoms with van der Waals surface area (Å²) in [7, 11) is 0. The molecule has 0 spiro atoms. The Morgan fingerprint density at radius 2 is 2.12 bits per heavy atom. The van der Waals surface area contributed by atoms with Gasteiger partial charge in [-0.3, -0.25) is 0 Å². The van der Waals surface area contributed by atoms with E-state index in [1.165, 1.54) is 12.8 Å². The van der Waals surface area contributed by atoms with Crippen LogP contribution in [-0.4, -0.2) is 27.7 Å². The van der Waals surface area contributed by atoms with Gasteiger partial charge in [0, 0.05) is 19.3 Å². The molecule has 1 saturated heterocycles. The van der Waals surface area contributed by atoms with Crippen molar-refractivity contribution in [3.8, 4) is 0 Å². The third kappa shape index (κ3) is 1.81. The number of rotatable bonds is 1. The minimum Gasteiger partial charge on any atom is -0.368 e. The van der Waals surface area contributed by atoms with Gasteiger partial charge in [-0.2, -0.15) is 4.98 Å². The summed E-state index contributed by atoms with van der Waals surface area (Å²) in [6, 6.07) is 4.09. The van der Waals surface area contributed by atoms with Crippen molar-refractivity contribution in [1.82, 2.24) is 14.6 Å². The Labute approximate surface area is 100 Å². The number of aromatic nitrogens is 3. The number of nitrogens with zero attached hydrogens (tertiary/aromatic N) is 4. The molecule has 5 heteroatoms. The van der Waals surface area contributed by atoms with Gasteiger partial charge in [0.25, 0.3) is 0 Å². The van der Waals surface area contributed by atoms with Crippen molar-refractivity contribution in [2.75, 3.05) is 23.7 Å². The van der Waals surface area contributed by atoms with Gasteiger partial charge < -0.3 is 10.6 Å². The molecule has 0 bridgehead atoms. The summed E-state index contributed by atoms with van der Waals surface area (Å²) in [5.41, 5.74) is 7.65. The summed E-state index contributed by atoms with van der Waals surface area (Å²) in [5.74, 6) is 1.16. The lowest BCUT2D eigenvalue weighted by Crippen LogP contribution is -2.33. The van der Waals surface area contributed by atoms with Crippen molar-refractivity contribution in [2.45, 2.75) is 19.8 Å². The zero-order chi connectivity index (χ0) is 11.8. The molecule has 0 aromatic carbocycles. The normalized spacial score (nSPS) is 17.8. The summed E-state index contributed by atoms with van der Waals surface area (Å²) < 4.78 is 1.75.